The number of rotatable bonds is 9. The van der Waals surface area contributed by atoms with Gasteiger partial charge in [-0.25, -0.2) is 0 Å². The minimum atomic E-state index is -1.11. The second-order valence-corrected chi connectivity index (χ2v) is 24.6. The fourth-order valence-corrected chi connectivity index (χ4v) is 33.1. The maximum atomic E-state index is 3.17. The third kappa shape index (κ3) is 5.39. The van der Waals surface area contributed by atoms with Gasteiger partial charge in [-0.2, -0.15) is 0 Å². The molecule has 0 spiro atoms. The molecule has 0 unspecified atom stereocenters. The Balaban J connectivity index is 0.00000294. The molecular weight excluding hydrogens is 583 g/mol. The first-order chi connectivity index (χ1) is 18.2. The van der Waals surface area contributed by atoms with Crippen molar-refractivity contribution in [1.82, 2.24) is 0 Å². The van der Waals surface area contributed by atoms with Crippen molar-refractivity contribution in [3.05, 3.63) is 11.6 Å². The van der Waals surface area contributed by atoms with Gasteiger partial charge in [0.25, 0.3) is 0 Å². The van der Waals surface area contributed by atoms with E-state index in [1.165, 1.54) is 34.0 Å². The van der Waals surface area contributed by atoms with Crippen molar-refractivity contribution in [2.45, 2.75) is 207 Å². The van der Waals surface area contributed by atoms with E-state index in [1.54, 1.807) is 160 Å². The van der Waals surface area contributed by atoms with Crippen LogP contribution in [0.15, 0.2) is 11.6 Å². The number of allylic oxidation sites excluding steroid dienone is 2. The first kappa shape index (κ1) is 30.7. The zero-order valence-corrected chi connectivity index (χ0v) is 28.9. The summed E-state index contributed by atoms with van der Waals surface area (Å²) in [6, 6.07) is 0. The van der Waals surface area contributed by atoms with Gasteiger partial charge in [0, 0.05) is 19.5 Å². The molecule has 0 amide bonds. The first-order valence-corrected chi connectivity index (χ1v) is 21.7. The number of hydrogen-bond donors (Lipinski definition) is 0. The van der Waals surface area contributed by atoms with Crippen molar-refractivity contribution in [1.29, 1.82) is 0 Å². The molecule has 0 bridgehead atoms. The molecule has 3 heteroatoms. The zero-order chi connectivity index (χ0) is 25.3. The number of hydrogen-bond acceptors (Lipinski definition) is 0. The Morgan fingerprint density at radius 1 is 0.421 bits per heavy atom. The van der Waals surface area contributed by atoms with Gasteiger partial charge < -0.3 is 0 Å². The molecule has 0 aromatic rings. The minimum absolute atomic E-state index is 0. The van der Waals surface area contributed by atoms with E-state index in [1.807, 2.05) is 0 Å². The van der Waals surface area contributed by atoms with Crippen molar-refractivity contribution in [2.75, 3.05) is 0 Å². The molecule has 0 atom stereocenters. The first-order valence-electron chi connectivity index (χ1n) is 17.6. The summed E-state index contributed by atoms with van der Waals surface area (Å²) in [5, 5.41) is 1.11. The molecule has 0 heterocycles. The second kappa shape index (κ2) is 13.7. The predicted octanol–water partition coefficient (Wildman–Crippen LogP) is 12.0. The monoisotopic (exact) mass is 646 g/mol. The van der Waals surface area contributed by atoms with Crippen LogP contribution in [0.3, 0.4) is 0 Å². The third-order valence-corrected chi connectivity index (χ3v) is 28.4. The maximum absolute atomic E-state index is 3.17. The van der Waals surface area contributed by atoms with Crippen LogP contribution in [-0.2, 0) is 19.5 Å². The van der Waals surface area contributed by atoms with Gasteiger partial charge in [0.15, 0.2) is 5.40 Å². The molecule has 0 aromatic carbocycles. The summed E-state index contributed by atoms with van der Waals surface area (Å²) in [4.78, 5) is 0. The Morgan fingerprint density at radius 3 is 0.763 bits per heavy atom. The van der Waals surface area contributed by atoms with E-state index < -0.39 is 14.5 Å². The van der Waals surface area contributed by atoms with Crippen molar-refractivity contribution >= 4 is 14.5 Å². The molecular formula is C35H62P2Ru+2. The molecule has 0 saturated heterocycles. The fourth-order valence-electron chi connectivity index (χ4n) is 12.1. The molecule has 6 saturated carbocycles. The summed E-state index contributed by atoms with van der Waals surface area (Å²) in [7, 11) is -2.22. The second-order valence-electron chi connectivity index (χ2n) is 15.1. The molecule has 0 aromatic heterocycles. The van der Waals surface area contributed by atoms with Crippen LogP contribution in [0.5, 0.6) is 0 Å². The van der Waals surface area contributed by atoms with E-state index >= 15 is 0 Å². The van der Waals surface area contributed by atoms with Crippen LogP contribution in [0, 0.1) is 0 Å². The molecule has 0 aliphatic heterocycles. The van der Waals surface area contributed by atoms with E-state index in [0.717, 1.165) is 5.40 Å². The summed E-state index contributed by atoms with van der Waals surface area (Å²) >= 11 is 0. The molecule has 0 radical (unpaired) electrons. The molecule has 38 heavy (non-hydrogen) atoms. The van der Waals surface area contributed by atoms with Gasteiger partial charge in [-0.3, -0.25) is 0 Å². The molecule has 6 aliphatic rings. The topological polar surface area (TPSA) is 0 Å². The van der Waals surface area contributed by atoms with Crippen LogP contribution < -0.4 is 0 Å². The van der Waals surface area contributed by atoms with E-state index in [2.05, 4.69) is 19.9 Å². The van der Waals surface area contributed by atoms with Crippen LogP contribution >= 0.6 is 14.5 Å². The Morgan fingerprint density at radius 2 is 0.605 bits per heavy atom. The smallest absolute Gasteiger partial charge is 0.0727 e. The van der Waals surface area contributed by atoms with Gasteiger partial charge in [-0.1, -0.05) is 5.57 Å². The van der Waals surface area contributed by atoms with Crippen LogP contribution in [0.4, 0.5) is 0 Å². The van der Waals surface area contributed by atoms with Gasteiger partial charge in [-0.05, 0) is 174 Å². The summed E-state index contributed by atoms with van der Waals surface area (Å²) < 4.78 is 0. The van der Waals surface area contributed by atoms with E-state index in [-0.39, 0.29) is 19.5 Å². The van der Waals surface area contributed by atoms with Gasteiger partial charge in [0.05, 0.1) is 48.5 Å². The average Bonchev–Trinajstić information content (AvgIpc) is 3.77. The third-order valence-electron chi connectivity index (χ3n) is 13.1. The maximum Gasteiger partial charge on any atom is 0.188 e. The summed E-state index contributed by atoms with van der Waals surface area (Å²) in [6.45, 7) is 5.10. The average molecular weight is 646 g/mol. The van der Waals surface area contributed by atoms with Crippen LogP contribution in [0.25, 0.3) is 0 Å². The molecule has 6 fully saturated rings. The Hall–Kier alpha value is 1.22. The van der Waals surface area contributed by atoms with Gasteiger partial charge in [0.1, 0.15) is 0 Å². The van der Waals surface area contributed by atoms with Gasteiger partial charge in [-0.15, -0.1) is 0 Å². The summed E-state index contributed by atoms with van der Waals surface area (Å²) in [6.07, 6.45) is 41.9. The SMILES string of the molecule is CC(C)=CC([P+](C1CCCC1)(C1CCCC1)C1CCCC1)[P+](C1CCCC1)(C1CCCC1)C1CCCC1.[Ru]. The Bertz CT molecular complexity index is 613. The molecule has 0 N–H and O–H groups in total. The molecule has 0 nitrogen and oxygen atoms in total. The molecule has 218 valence electrons. The van der Waals surface area contributed by atoms with E-state index in [4.69, 9.17) is 0 Å². The molecule has 6 rings (SSSR count). The van der Waals surface area contributed by atoms with E-state index in [0.29, 0.717) is 0 Å². The normalized spacial score (nSPS) is 27.8. The van der Waals surface area contributed by atoms with Crippen molar-refractivity contribution in [3.63, 3.8) is 0 Å². The standard InChI is InChI=1S/C35H62P2.Ru/c1-28(2)27-35(36(29-15-3-4-16-29,30-17-5-6-18-30)31-19-7-8-20-31)37(32-21-9-10-22-32,33-23-11-12-24-33)34-25-13-14-26-34;/h27,29-35H,3-26H2,1-2H3;/q+2;. The zero-order valence-electron chi connectivity index (χ0n) is 25.3. The summed E-state index contributed by atoms with van der Waals surface area (Å²) in [5.74, 6) is 0. The largest absolute Gasteiger partial charge is 0.188 e. The van der Waals surface area contributed by atoms with Crippen molar-refractivity contribution in [3.8, 4) is 0 Å². The van der Waals surface area contributed by atoms with Gasteiger partial charge in [0.2, 0.25) is 0 Å². The van der Waals surface area contributed by atoms with Crippen molar-refractivity contribution in [2.24, 2.45) is 0 Å². The summed E-state index contributed by atoms with van der Waals surface area (Å²) in [5.41, 5.74) is 8.75. The van der Waals surface area contributed by atoms with Crippen LogP contribution in [0.1, 0.15) is 168 Å². The fraction of sp³-hybridized carbons (Fsp3) is 0.943. The quantitative estimate of drug-likeness (QED) is 0.133. The predicted molar refractivity (Wildman–Crippen MR) is 171 cm³/mol. The van der Waals surface area contributed by atoms with E-state index in [9.17, 15) is 0 Å². The van der Waals surface area contributed by atoms with Crippen molar-refractivity contribution < 1.29 is 19.5 Å². The van der Waals surface area contributed by atoms with Gasteiger partial charge >= 0.3 is 0 Å². The van der Waals surface area contributed by atoms with Crippen LogP contribution in [-0.4, -0.2) is 39.4 Å². The Labute approximate surface area is 251 Å². The molecule has 6 aliphatic carbocycles. The van der Waals surface area contributed by atoms with Crippen LogP contribution in [0.2, 0.25) is 0 Å². The Kier molecular flexibility index (Phi) is 11.0. The minimum Gasteiger partial charge on any atom is -0.0727 e.